The number of Topliss-reactive ketones (excluding diaryl/α,β-unsaturated/α-hetero) is 1. The van der Waals surface area contributed by atoms with Crippen molar-refractivity contribution < 1.29 is 14.3 Å². The molecule has 1 N–H and O–H groups in total. The molecule has 2 rings (SSSR count). The molecule has 1 aromatic rings. The molecule has 1 aromatic carbocycles. The predicted octanol–water partition coefficient (Wildman–Crippen LogP) is 2.12. The molecule has 68 valence electrons. The minimum Gasteiger partial charge on any atom is -0.504 e. The van der Waals surface area contributed by atoms with Crippen LogP contribution in [0.3, 0.4) is 0 Å². The first-order chi connectivity index (χ1) is 6.20. The highest BCUT2D eigenvalue weighted by Crippen LogP contribution is 2.35. The molecule has 0 heterocycles. The molecule has 0 spiro atoms. The van der Waals surface area contributed by atoms with Crippen molar-refractivity contribution in [3.8, 4) is 5.75 Å². The van der Waals surface area contributed by atoms with Gasteiger partial charge in [0.05, 0.1) is 5.56 Å². The summed E-state index contributed by atoms with van der Waals surface area (Å²) in [6.45, 7) is 0. The molecule has 0 amide bonds. The Morgan fingerprint density at radius 3 is 2.77 bits per heavy atom. The molecule has 0 atom stereocenters. The summed E-state index contributed by atoms with van der Waals surface area (Å²) in [4.78, 5) is 11.5. The van der Waals surface area contributed by atoms with Gasteiger partial charge < -0.3 is 5.11 Å². The lowest BCUT2D eigenvalue weighted by molar-refractivity contribution is 0.0964. The van der Waals surface area contributed by atoms with Crippen LogP contribution in [0.4, 0.5) is 4.39 Å². The number of para-hydroxylation sites is 1. The van der Waals surface area contributed by atoms with Crippen LogP contribution in [0.25, 0.3) is 0 Å². The second-order valence-electron chi connectivity index (χ2n) is 3.27. The Bertz CT molecular complexity index is 356. The van der Waals surface area contributed by atoms with Gasteiger partial charge in [0, 0.05) is 5.92 Å². The average molecular weight is 180 g/mol. The Balaban J connectivity index is 2.38. The van der Waals surface area contributed by atoms with Gasteiger partial charge in [-0.15, -0.1) is 0 Å². The third kappa shape index (κ3) is 1.41. The van der Waals surface area contributed by atoms with Gasteiger partial charge in [-0.1, -0.05) is 6.07 Å². The Labute approximate surface area is 75.0 Å². The van der Waals surface area contributed by atoms with Gasteiger partial charge in [-0.2, -0.15) is 0 Å². The lowest BCUT2D eigenvalue weighted by atomic mass is 10.1. The fraction of sp³-hybridized carbons (Fsp3) is 0.300. The summed E-state index contributed by atoms with van der Waals surface area (Å²) >= 11 is 0. The molecule has 13 heavy (non-hydrogen) atoms. The molecule has 0 radical (unpaired) electrons. The van der Waals surface area contributed by atoms with Crippen LogP contribution in [0, 0.1) is 11.7 Å². The number of phenolic OH excluding ortho intramolecular Hbond substituents is 1. The number of phenols is 1. The molecule has 0 aliphatic heterocycles. The van der Waals surface area contributed by atoms with E-state index in [4.69, 9.17) is 0 Å². The van der Waals surface area contributed by atoms with E-state index in [0.717, 1.165) is 18.9 Å². The Morgan fingerprint density at radius 1 is 1.46 bits per heavy atom. The van der Waals surface area contributed by atoms with Crippen molar-refractivity contribution in [3.63, 3.8) is 0 Å². The number of ketones is 1. The molecule has 2 nitrogen and oxygen atoms in total. The fourth-order valence-electron chi connectivity index (χ4n) is 1.28. The molecular weight excluding hydrogens is 171 g/mol. The molecule has 0 saturated heterocycles. The van der Waals surface area contributed by atoms with Crippen LogP contribution in [-0.4, -0.2) is 10.9 Å². The number of rotatable bonds is 2. The van der Waals surface area contributed by atoms with Crippen molar-refractivity contribution in [1.82, 2.24) is 0 Å². The van der Waals surface area contributed by atoms with Crippen molar-refractivity contribution in [2.24, 2.45) is 5.92 Å². The van der Waals surface area contributed by atoms with E-state index in [1.807, 2.05) is 0 Å². The molecular formula is C10H9FO2. The number of aromatic hydroxyl groups is 1. The van der Waals surface area contributed by atoms with Gasteiger partial charge in [-0.05, 0) is 25.0 Å². The lowest BCUT2D eigenvalue weighted by Gasteiger charge is -2.02. The van der Waals surface area contributed by atoms with Crippen LogP contribution in [0.1, 0.15) is 23.2 Å². The molecule has 0 aromatic heterocycles. The second-order valence-corrected chi connectivity index (χ2v) is 3.27. The predicted molar refractivity (Wildman–Crippen MR) is 45.1 cm³/mol. The Morgan fingerprint density at radius 2 is 2.15 bits per heavy atom. The molecule has 0 unspecified atom stereocenters. The van der Waals surface area contributed by atoms with Crippen molar-refractivity contribution in [2.45, 2.75) is 12.8 Å². The number of benzene rings is 1. The lowest BCUT2D eigenvalue weighted by Crippen LogP contribution is -2.02. The molecule has 1 aliphatic rings. The normalized spacial score (nSPS) is 15.8. The monoisotopic (exact) mass is 180 g/mol. The van der Waals surface area contributed by atoms with Gasteiger partial charge in [0.25, 0.3) is 0 Å². The Kier molecular flexibility index (Phi) is 1.79. The first-order valence-electron chi connectivity index (χ1n) is 4.22. The smallest absolute Gasteiger partial charge is 0.169 e. The van der Waals surface area contributed by atoms with Crippen LogP contribution < -0.4 is 0 Å². The quantitative estimate of drug-likeness (QED) is 0.708. The van der Waals surface area contributed by atoms with Crippen molar-refractivity contribution in [1.29, 1.82) is 0 Å². The highest BCUT2D eigenvalue weighted by molar-refractivity contribution is 6.01. The number of hydrogen-bond donors (Lipinski definition) is 1. The van der Waals surface area contributed by atoms with E-state index in [-0.39, 0.29) is 17.3 Å². The molecule has 1 aliphatic carbocycles. The van der Waals surface area contributed by atoms with Crippen molar-refractivity contribution in [3.05, 3.63) is 29.6 Å². The Hall–Kier alpha value is -1.38. The van der Waals surface area contributed by atoms with E-state index in [0.29, 0.717) is 0 Å². The fourth-order valence-corrected chi connectivity index (χ4v) is 1.28. The van der Waals surface area contributed by atoms with Gasteiger partial charge in [0.1, 0.15) is 0 Å². The van der Waals surface area contributed by atoms with E-state index in [1.165, 1.54) is 12.1 Å². The van der Waals surface area contributed by atoms with Crippen LogP contribution in [0.5, 0.6) is 5.75 Å². The van der Waals surface area contributed by atoms with Crippen molar-refractivity contribution >= 4 is 5.78 Å². The first kappa shape index (κ1) is 8.23. The first-order valence-corrected chi connectivity index (χ1v) is 4.22. The van der Waals surface area contributed by atoms with Gasteiger partial charge >= 0.3 is 0 Å². The summed E-state index contributed by atoms with van der Waals surface area (Å²) in [7, 11) is 0. The van der Waals surface area contributed by atoms with E-state index < -0.39 is 11.6 Å². The van der Waals surface area contributed by atoms with Gasteiger partial charge in [-0.3, -0.25) is 4.79 Å². The van der Waals surface area contributed by atoms with E-state index >= 15 is 0 Å². The van der Waals surface area contributed by atoms with Crippen LogP contribution in [0.15, 0.2) is 18.2 Å². The zero-order valence-corrected chi connectivity index (χ0v) is 6.96. The van der Waals surface area contributed by atoms with Crippen LogP contribution in [0.2, 0.25) is 0 Å². The summed E-state index contributed by atoms with van der Waals surface area (Å²) in [6.07, 6.45) is 1.71. The topological polar surface area (TPSA) is 37.3 Å². The van der Waals surface area contributed by atoms with E-state index in [9.17, 15) is 14.3 Å². The zero-order chi connectivity index (χ0) is 9.42. The standard InChI is InChI=1S/C10H9FO2/c11-8-3-1-2-7(10(8)13)9(12)6-4-5-6/h1-3,6,13H,4-5H2. The second kappa shape index (κ2) is 2.83. The number of carbonyl (C=O) groups excluding carboxylic acids is 1. The zero-order valence-electron chi connectivity index (χ0n) is 6.96. The van der Waals surface area contributed by atoms with Crippen LogP contribution in [-0.2, 0) is 0 Å². The van der Waals surface area contributed by atoms with Crippen molar-refractivity contribution in [2.75, 3.05) is 0 Å². The van der Waals surface area contributed by atoms with Gasteiger partial charge in [0.15, 0.2) is 17.3 Å². The highest BCUT2D eigenvalue weighted by atomic mass is 19.1. The highest BCUT2D eigenvalue weighted by Gasteiger charge is 2.32. The summed E-state index contributed by atoms with van der Waals surface area (Å²) < 4.78 is 12.8. The number of carbonyl (C=O) groups is 1. The minimum atomic E-state index is -0.730. The van der Waals surface area contributed by atoms with Gasteiger partial charge in [0.2, 0.25) is 0 Å². The number of hydrogen-bond acceptors (Lipinski definition) is 2. The molecule has 0 bridgehead atoms. The SMILES string of the molecule is O=C(c1cccc(F)c1O)C1CC1. The summed E-state index contributed by atoms with van der Waals surface area (Å²) in [5, 5.41) is 9.25. The summed E-state index contributed by atoms with van der Waals surface area (Å²) in [5.74, 6) is -1.38. The maximum atomic E-state index is 12.8. The maximum absolute atomic E-state index is 12.8. The molecule has 3 heteroatoms. The third-order valence-electron chi connectivity index (χ3n) is 2.20. The maximum Gasteiger partial charge on any atom is 0.169 e. The average Bonchev–Trinajstić information content (AvgIpc) is 2.91. The summed E-state index contributed by atoms with van der Waals surface area (Å²) in [5.41, 5.74) is 0.113. The largest absolute Gasteiger partial charge is 0.504 e. The molecule has 1 saturated carbocycles. The molecule has 1 fully saturated rings. The van der Waals surface area contributed by atoms with Gasteiger partial charge in [-0.25, -0.2) is 4.39 Å². The van der Waals surface area contributed by atoms with Crippen LogP contribution >= 0.6 is 0 Å². The van der Waals surface area contributed by atoms with E-state index in [2.05, 4.69) is 0 Å². The number of halogens is 1. The van der Waals surface area contributed by atoms with E-state index in [1.54, 1.807) is 0 Å². The summed E-state index contributed by atoms with van der Waals surface area (Å²) in [6, 6.07) is 4.03. The third-order valence-corrected chi connectivity index (χ3v) is 2.20. The minimum absolute atomic E-state index is 0.00713.